The molecule has 1 aromatic rings. The number of rotatable bonds is 3. The predicted molar refractivity (Wildman–Crippen MR) is 81.9 cm³/mol. The Morgan fingerprint density at radius 1 is 1.44 bits per heavy atom. The number of aromatic amines is 1. The van der Waals surface area contributed by atoms with Crippen molar-refractivity contribution in [3.8, 4) is 0 Å². The van der Waals surface area contributed by atoms with E-state index >= 15 is 0 Å². The van der Waals surface area contributed by atoms with Gasteiger partial charge in [0.25, 0.3) is 5.56 Å². The van der Waals surface area contributed by atoms with E-state index in [0.717, 1.165) is 40.3 Å². The molecule has 0 amide bonds. The second-order valence-corrected chi connectivity index (χ2v) is 6.51. The van der Waals surface area contributed by atoms with Gasteiger partial charge in [-0.25, -0.2) is 4.98 Å². The Morgan fingerprint density at radius 2 is 2.22 bits per heavy atom. The topological polar surface area (TPSA) is 45.8 Å². The van der Waals surface area contributed by atoms with E-state index in [1.807, 2.05) is 0 Å². The van der Waals surface area contributed by atoms with E-state index in [0.29, 0.717) is 5.92 Å². The van der Waals surface area contributed by atoms with Gasteiger partial charge in [0.05, 0.1) is 9.26 Å². The second-order valence-electron chi connectivity index (χ2n) is 5.43. The fourth-order valence-electron chi connectivity index (χ4n) is 2.80. The number of nitrogens with one attached hydrogen (secondary N) is 1. The van der Waals surface area contributed by atoms with Crippen LogP contribution in [0.5, 0.6) is 0 Å². The average Bonchev–Trinajstić information content (AvgIpc) is 2.35. The van der Waals surface area contributed by atoms with E-state index in [9.17, 15) is 4.79 Å². The quantitative estimate of drug-likeness (QED) is 0.837. The van der Waals surface area contributed by atoms with Crippen LogP contribution in [-0.2, 0) is 6.42 Å². The summed E-state index contributed by atoms with van der Waals surface area (Å²) in [7, 11) is 0. The Morgan fingerprint density at radius 3 is 2.89 bits per heavy atom. The maximum Gasteiger partial charge on any atom is 0.264 e. The van der Waals surface area contributed by atoms with Crippen molar-refractivity contribution < 1.29 is 0 Å². The van der Waals surface area contributed by atoms with E-state index in [-0.39, 0.29) is 5.56 Å². The Balaban J connectivity index is 2.30. The van der Waals surface area contributed by atoms with Gasteiger partial charge in [0, 0.05) is 5.92 Å². The Labute approximate surface area is 122 Å². The summed E-state index contributed by atoms with van der Waals surface area (Å²) in [5, 5.41) is 0. The van der Waals surface area contributed by atoms with Crippen LogP contribution in [0.25, 0.3) is 0 Å². The molecule has 1 heterocycles. The first-order valence-corrected chi connectivity index (χ1v) is 7.98. The zero-order chi connectivity index (χ0) is 13.1. The molecule has 1 saturated carbocycles. The molecule has 100 valence electrons. The number of nitrogens with zero attached hydrogens (tertiary/aromatic N) is 1. The maximum atomic E-state index is 12.0. The van der Waals surface area contributed by atoms with Crippen LogP contribution in [0.3, 0.4) is 0 Å². The van der Waals surface area contributed by atoms with E-state index in [1.165, 1.54) is 19.3 Å². The minimum absolute atomic E-state index is 0.0438. The molecular formula is C14H21IN2O. The number of H-pyrrole nitrogens is 1. The molecule has 0 spiro atoms. The highest BCUT2D eigenvalue weighted by Crippen LogP contribution is 2.34. The van der Waals surface area contributed by atoms with Crippen molar-refractivity contribution in [2.24, 2.45) is 5.92 Å². The van der Waals surface area contributed by atoms with Gasteiger partial charge in [-0.2, -0.15) is 0 Å². The highest BCUT2D eigenvalue weighted by atomic mass is 127. The van der Waals surface area contributed by atoms with Crippen molar-refractivity contribution in [2.45, 2.75) is 58.3 Å². The predicted octanol–water partition coefficient (Wildman–Crippen LogP) is 3.62. The molecule has 2 unspecified atom stereocenters. The van der Waals surface area contributed by atoms with Crippen molar-refractivity contribution in [2.75, 3.05) is 0 Å². The molecule has 1 aliphatic carbocycles. The van der Waals surface area contributed by atoms with E-state index in [2.05, 4.69) is 41.4 Å². The fourth-order valence-corrected chi connectivity index (χ4v) is 3.33. The molecule has 1 N–H and O–H groups in total. The molecule has 2 atom stereocenters. The molecule has 0 radical (unpaired) electrons. The highest BCUT2D eigenvalue weighted by Gasteiger charge is 2.23. The lowest BCUT2D eigenvalue weighted by molar-refractivity contribution is 0.334. The Kier molecular flexibility index (Phi) is 4.81. The van der Waals surface area contributed by atoms with Crippen LogP contribution in [0.4, 0.5) is 0 Å². The largest absolute Gasteiger partial charge is 0.309 e. The van der Waals surface area contributed by atoms with Gasteiger partial charge in [0.1, 0.15) is 5.82 Å². The molecule has 2 rings (SSSR count). The summed E-state index contributed by atoms with van der Waals surface area (Å²) >= 11 is 2.11. The molecular weight excluding hydrogens is 339 g/mol. The summed E-state index contributed by atoms with van der Waals surface area (Å²) in [6.07, 6.45) is 6.83. The zero-order valence-corrected chi connectivity index (χ0v) is 13.3. The van der Waals surface area contributed by atoms with Gasteiger partial charge in [0.15, 0.2) is 0 Å². The molecule has 4 heteroatoms. The standard InChI is InChI=1S/C14H21IN2O/c1-3-5-11-12(15)14(18)17-13(16-11)10-7-4-6-9(2)8-10/h9-10H,3-8H2,1-2H3,(H,16,17,18). The molecule has 1 aromatic heterocycles. The van der Waals surface area contributed by atoms with Crippen LogP contribution in [-0.4, -0.2) is 9.97 Å². The number of hydrogen-bond donors (Lipinski definition) is 1. The monoisotopic (exact) mass is 360 g/mol. The van der Waals surface area contributed by atoms with Gasteiger partial charge in [-0.3, -0.25) is 4.79 Å². The third-order valence-electron chi connectivity index (χ3n) is 3.76. The SMILES string of the molecule is CCCc1nc(C2CCCC(C)C2)[nH]c(=O)c1I. The van der Waals surface area contributed by atoms with Crippen molar-refractivity contribution >= 4 is 22.6 Å². The minimum Gasteiger partial charge on any atom is -0.309 e. The Bertz CT molecular complexity index is 469. The average molecular weight is 360 g/mol. The smallest absolute Gasteiger partial charge is 0.264 e. The summed E-state index contributed by atoms with van der Waals surface area (Å²) in [4.78, 5) is 19.7. The van der Waals surface area contributed by atoms with Crippen molar-refractivity contribution in [3.63, 3.8) is 0 Å². The Hall–Kier alpha value is -0.390. The van der Waals surface area contributed by atoms with E-state index < -0.39 is 0 Å². The summed E-state index contributed by atoms with van der Waals surface area (Å²) < 4.78 is 0.766. The zero-order valence-electron chi connectivity index (χ0n) is 11.1. The molecule has 1 fully saturated rings. The number of halogens is 1. The first kappa shape index (κ1) is 14.0. The number of aromatic nitrogens is 2. The van der Waals surface area contributed by atoms with Gasteiger partial charge < -0.3 is 4.98 Å². The first-order valence-electron chi connectivity index (χ1n) is 6.90. The molecule has 0 aromatic carbocycles. The van der Waals surface area contributed by atoms with Crippen molar-refractivity contribution in [3.05, 3.63) is 25.4 Å². The van der Waals surface area contributed by atoms with Crippen molar-refractivity contribution in [1.29, 1.82) is 0 Å². The van der Waals surface area contributed by atoms with E-state index in [1.54, 1.807) is 0 Å². The normalized spacial score (nSPS) is 24.2. The van der Waals surface area contributed by atoms with Crippen molar-refractivity contribution in [1.82, 2.24) is 9.97 Å². The second kappa shape index (κ2) is 6.17. The van der Waals surface area contributed by atoms with Crippen LogP contribution in [0.15, 0.2) is 4.79 Å². The minimum atomic E-state index is 0.0438. The molecule has 0 bridgehead atoms. The van der Waals surface area contributed by atoms with Crippen LogP contribution in [0.1, 0.15) is 63.4 Å². The highest BCUT2D eigenvalue weighted by molar-refractivity contribution is 14.1. The maximum absolute atomic E-state index is 12.0. The van der Waals surface area contributed by atoms with E-state index in [4.69, 9.17) is 4.98 Å². The van der Waals surface area contributed by atoms with Crippen LogP contribution < -0.4 is 5.56 Å². The molecule has 1 aliphatic rings. The first-order chi connectivity index (χ1) is 8.61. The third-order valence-corrected chi connectivity index (χ3v) is 4.87. The molecule has 0 aliphatic heterocycles. The fraction of sp³-hybridized carbons (Fsp3) is 0.714. The summed E-state index contributed by atoms with van der Waals surface area (Å²) in [5.41, 5.74) is 1.03. The van der Waals surface area contributed by atoms with Gasteiger partial charge in [-0.1, -0.05) is 33.1 Å². The van der Waals surface area contributed by atoms with Gasteiger partial charge in [0.2, 0.25) is 0 Å². The van der Waals surface area contributed by atoms with Gasteiger partial charge in [-0.05, 0) is 47.8 Å². The number of hydrogen-bond acceptors (Lipinski definition) is 2. The summed E-state index contributed by atoms with van der Waals surface area (Å²) in [5.74, 6) is 2.13. The lowest BCUT2D eigenvalue weighted by Crippen LogP contribution is -2.22. The number of aryl methyl sites for hydroxylation is 1. The van der Waals surface area contributed by atoms with Crippen LogP contribution in [0.2, 0.25) is 0 Å². The van der Waals surface area contributed by atoms with Crippen LogP contribution in [0, 0.1) is 9.49 Å². The summed E-state index contributed by atoms with van der Waals surface area (Å²) in [6.45, 7) is 4.42. The lowest BCUT2D eigenvalue weighted by atomic mass is 9.82. The van der Waals surface area contributed by atoms with Gasteiger partial charge >= 0.3 is 0 Å². The van der Waals surface area contributed by atoms with Gasteiger partial charge in [-0.15, -0.1) is 0 Å². The van der Waals surface area contributed by atoms with Crippen LogP contribution >= 0.6 is 22.6 Å². The third kappa shape index (κ3) is 3.13. The molecule has 3 nitrogen and oxygen atoms in total. The summed E-state index contributed by atoms with van der Waals surface area (Å²) in [6, 6.07) is 0. The molecule has 18 heavy (non-hydrogen) atoms. The molecule has 0 saturated heterocycles. The lowest BCUT2D eigenvalue weighted by Gasteiger charge is -2.26.